The third kappa shape index (κ3) is 1.85. The van der Waals surface area contributed by atoms with Gasteiger partial charge in [-0.15, -0.1) is 0 Å². The van der Waals surface area contributed by atoms with Crippen LogP contribution in [0.1, 0.15) is 16.7 Å². The molecular formula is C18H13FN2O2. The quantitative estimate of drug-likeness (QED) is 0.865. The predicted octanol–water partition coefficient (Wildman–Crippen LogP) is 2.49. The van der Waals surface area contributed by atoms with Crippen LogP contribution >= 0.6 is 0 Å². The van der Waals surface area contributed by atoms with Crippen LogP contribution in [0, 0.1) is 17.1 Å². The molecule has 1 atom stereocenters. The molecule has 23 heavy (non-hydrogen) atoms. The third-order valence-electron chi connectivity index (χ3n) is 4.10. The number of hydrogen-bond donors (Lipinski definition) is 1. The Labute approximate surface area is 132 Å². The predicted molar refractivity (Wildman–Crippen MR) is 82.4 cm³/mol. The first kappa shape index (κ1) is 14.8. The van der Waals surface area contributed by atoms with Crippen LogP contribution in [0.4, 0.5) is 4.39 Å². The summed E-state index contributed by atoms with van der Waals surface area (Å²) in [6.07, 6.45) is 0. The van der Waals surface area contributed by atoms with Crippen molar-refractivity contribution in [2.45, 2.75) is 5.41 Å². The summed E-state index contributed by atoms with van der Waals surface area (Å²) in [5.41, 5.74) is 5.42. The summed E-state index contributed by atoms with van der Waals surface area (Å²) >= 11 is 0. The molecule has 0 saturated carbocycles. The summed E-state index contributed by atoms with van der Waals surface area (Å²) in [5.74, 6) is -1.32. The monoisotopic (exact) mass is 308 g/mol. The summed E-state index contributed by atoms with van der Waals surface area (Å²) in [5, 5.41) is 9.97. The highest BCUT2D eigenvalue weighted by Gasteiger charge is 2.51. The molecule has 0 bridgehead atoms. The standard InChI is InChI=1S/C18H13FN2O2/c1-23-17(22)15-16(21)14-12(8-5-9-13(14)19)18(15,10-20)11-6-3-2-4-7-11/h2-9H,21H2,1H3/t18-/m0/s1. The molecule has 0 amide bonds. The van der Waals surface area contributed by atoms with E-state index in [4.69, 9.17) is 10.5 Å². The van der Waals surface area contributed by atoms with Gasteiger partial charge in [0.2, 0.25) is 0 Å². The smallest absolute Gasteiger partial charge is 0.338 e. The summed E-state index contributed by atoms with van der Waals surface area (Å²) in [6, 6.07) is 15.2. The van der Waals surface area contributed by atoms with Gasteiger partial charge in [0, 0.05) is 5.56 Å². The van der Waals surface area contributed by atoms with Gasteiger partial charge in [-0.3, -0.25) is 0 Å². The summed E-state index contributed by atoms with van der Waals surface area (Å²) < 4.78 is 19.1. The van der Waals surface area contributed by atoms with E-state index in [9.17, 15) is 14.4 Å². The normalized spacial score (nSPS) is 19.2. The number of nitriles is 1. The van der Waals surface area contributed by atoms with Gasteiger partial charge in [0.05, 0.1) is 24.4 Å². The van der Waals surface area contributed by atoms with Crippen LogP contribution in [0.15, 0.2) is 54.1 Å². The molecule has 2 aromatic carbocycles. The Kier molecular flexibility index (Phi) is 3.38. The Hall–Kier alpha value is -3.13. The van der Waals surface area contributed by atoms with Crippen molar-refractivity contribution in [2.24, 2.45) is 5.73 Å². The average molecular weight is 308 g/mol. The van der Waals surface area contributed by atoms with Gasteiger partial charge in [-0.05, 0) is 17.2 Å². The molecule has 114 valence electrons. The van der Waals surface area contributed by atoms with Crippen molar-refractivity contribution in [3.05, 3.63) is 76.6 Å². The SMILES string of the molecule is COC(=O)C1=C(N)c2c(F)cccc2[C@]1(C#N)c1ccccc1. The lowest BCUT2D eigenvalue weighted by atomic mass is 9.73. The van der Waals surface area contributed by atoms with Gasteiger partial charge in [-0.2, -0.15) is 5.26 Å². The number of fused-ring (bicyclic) bond motifs is 1. The van der Waals surface area contributed by atoms with Crippen molar-refractivity contribution in [3.8, 4) is 6.07 Å². The highest BCUT2D eigenvalue weighted by atomic mass is 19.1. The third-order valence-corrected chi connectivity index (χ3v) is 4.10. The van der Waals surface area contributed by atoms with Crippen molar-refractivity contribution in [1.29, 1.82) is 5.26 Å². The zero-order chi connectivity index (χ0) is 16.6. The number of methoxy groups -OCH3 is 1. The molecular weight excluding hydrogens is 295 g/mol. The summed E-state index contributed by atoms with van der Waals surface area (Å²) in [7, 11) is 1.20. The molecule has 2 N–H and O–H groups in total. The van der Waals surface area contributed by atoms with Gasteiger partial charge in [0.1, 0.15) is 11.2 Å². The van der Waals surface area contributed by atoms with Gasteiger partial charge in [0.25, 0.3) is 0 Å². The number of nitrogens with two attached hydrogens (primary N) is 1. The fourth-order valence-corrected chi connectivity index (χ4v) is 3.11. The second-order valence-corrected chi connectivity index (χ2v) is 5.17. The van der Waals surface area contributed by atoms with E-state index in [1.165, 1.54) is 19.2 Å². The summed E-state index contributed by atoms with van der Waals surface area (Å²) in [4.78, 5) is 12.3. The largest absolute Gasteiger partial charge is 0.466 e. The molecule has 0 fully saturated rings. The number of halogens is 1. The molecule has 4 nitrogen and oxygen atoms in total. The lowest BCUT2D eigenvalue weighted by molar-refractivity contribution is -0.136. The lowest BCUT2D eigenvalue weighted by Crippen LogP contribution is -2.31. The van der Waals surface area contributed by atoms with Gasteiger partial charge in [-0.25, -0.2) is 9.18 Å². The van der Waals surface area contributed by atoms with E-state index in [1.807, 2.05) is 0 Å². The van der Waals surface area contributed by atoms with E-state index < -0.39 is 17.2 Å². The maximum atomic E-state index is 14.3. The highest BCUT2D eigenvalue weighted by Crippen LogP contribution is 2.49. The molecule has 1 aliphatic rings. The molecule has 0 heterocycles. The zero-order valence-corrected chi connectivity index (χ0v) is 12.3. The molecule has 0 radical (unpaired) electrons. The number of carbonyl (C=O) groups is 1. The molecule has 5 heteroatoms. The minimum Gasteiger partial charge on any atom is -0.466 e. The fraction of sp³-hybridized carbons (Fsp3) is 0.111. The van der Waals surface area contributed by atoms with E-state index in [-0.39, 0.29) is 16.8 Å². The van der Waals surface area contributed by atoms with Crippen LogP contribution in [0.5, 0.6) is 0 Å². The van der Waals surface area contributed by atoms with Crippen molar-refractivity contribution < 1.29 is 13.9 Å². The Morgan fingerprint density at radius 3 is 2.52 bits per heavy atom. The van der Waals surface area contributed by atoms with Gasteiger partial charge < -0.3 is 10.5 Å². The van der Waals surface area contributed by atoms with Crippen LogP contribution in [-0.4, -0.2) is 13.1 Å². The molecule has 0 saturated heterocycles. The van der Waals surface area contributed by atoms with Crippen LogP contribution in [-0.2, 0) is 14.9 Å². The molecule has 1 aliphatic carbocycles. The summed E-state index contributed by atoms with van der Waals surface area (Å²) in [6.45, 7) is 0. The Morgan fingerprint density at radius 1 is 1.22 bits per heavy atom. The van der Waals surface area contributed by atoms with Gasteiger partial charge in [-0.1, -0.05) is 42.5 Å². The Morgan fingerprint density at radius 2 is 1.91 bits per heavy atom. The number of ether oxygens (including phenoxy) is 1. The minimum atomic E-state index is -1.49. The van der Waals surface area contributed by atoms with Crippen molar-refractivity contribution >= 4 is 11.7 Å². The highest BCUT2D eigenvalue weighted by molar-refractivity contribution is 6.05. The molecule has 0 aromatic heterocycles. The van der Waals surface area contributed by atoms with Crippen LogP contribution in [0.25, 0.3) is 5.70 Å². The molecule has 3 rings (SSSR count). The van der Waals surface area contributed by atoms with Crippen molar-refractivity contribution in [3.63, 3.8) is 0 Å². The zero-order valence-electron chi connectivity index (χ0n) is 12.3. The van der Waals surface area contributed by atoms with Crippen LogP contribution in [0.2, 0.25) is 0 Å². The number of benzene rings is 2. The van der Waals surface area contributed by atoms with E-state index in [0.717, 1.165) is 0 Å². The minimum absolute atomic E-state index is 0.0474. The lowest BCUT2D eigenvalue weighted by Gasteiger charge is -2.25. The fourth-order valence-electron chi connectivity index (χ4n) is 3.11. The van der Waals surface area contributed by atoms with E-state index in [0.29, 0.717) is 11.1 Å². The number of carbonyl (C=O) groups excluding carboxylic acids is 1. The first-order chi connectivity index (χ1) is 11.1. The van der Waals surface area contributed by atoms with Crippen LogP contribution in [0.3, 0.4) is 0 Å². The second kappa shape index (κ2) is 5.25. The van der Waals surface area contributed by atoms with Gasteiger partial charge in [0.15, 0.2) is 0 Å². The number of esters is 1. The van der Waals surface area contributed by atoms with Gasteiger partial charge >= 0.3 is 5.97 Å². The molecule has 2 aromatic rings. The molecule has 0 spiro atoms. The maximum absolute atomic E-state index is 14.3. The number of rotatable bonds is 2. The van der Waals surface area contributed by atoms with Crippen molar-refractivity contribution in [2.75, 3.05) is 7.11 Å². The van der Waals surface area contributed by atoms with E-state index in [1.54, 1.807) is 36.4 Å². The maximum Gasteiger partial charge on any atom is 0.338 e. The van der Waals surface area contributed by atoms with E-state index in [2.05, 4.69) is 6.07 Å². The number of nitrogens with zero attached hydrogens (tertiary/aromatic N) is 1. The van der Waals surface area contributed by atoms with E-state index >= 15 is 0 Å². The first-order valence-electron chi connectivity index (χ1n) is 6.92. The topological polar surface area (TPSA) is 76.1 Å². The Bertz CT molecular complexity index is 868. The Balaban J connectivity index is 2.45. The number of hydrogen-bond acceptors (Lipinski definition) is 4. The first-order valence-corrected chi connectivity index (χ1v) is 6.92. The van der Waals surface area contributed by atoms with Crippen LogP contribution < -0.4 is 5.73 Å². The molecule has 0 unspecified atom stereocenters. The average Bonchev–Trinajstić information content (AvgIpc) is 2.85. The second-order valence-electron chi connectivity index (χ2n) is 5.17. The molecule has 0 aliphatic heterocycles. The van der Waals surface area contributed by atoms with Crippen molar-refractivity contribution in [1.82, 2.24) is 0 Å².